The van der Waals surface area contributed by atoms with Crippen LogP contribution in [0, 0.1) is 5.82 Å². The van der Waals surface area contributed by atoms with E-state index in [0.717, 1.165) is 17.0 Å². The van der Waals surface area contributed by atoms with Crippen molar-refractivity contribution in [3.05, 3.63) is 45.2 Å². The summed E-state index contributed by atoms with van der Waals surface area (Å²) in [7, 11) is 0. The lowest BCUT2D eigenvalue weighted by molar-refractivity contribution is 0.552. The molecule has 1 heterocycles. The summed E-state index contributed by atoms with van der Waals surface area (Å²) in [6, 6.07) is 4.59. The Balaban J connectivity index is 2.27. The lowest BCUT2D eigenvalue weighted by Gasteiger charge is -2.15. The van der Waals surface area contributed by atoms with Gasteiger partial charge in [-0.1, -0.05) is 35.1 Å². The molecule has 0 radical (unpaired) electrons. The highest BCUT2D eigenvalue weighted by Crippen LogP contribution is 2.28. The number of nitrogens with zero attached hydrogens (tertiary/aromatic N) is 2. The van der Waals surface area contributed by atoms with Crippen LogP contribution in [-0.4, -0.2) is 9.59 Å². The molecule has 1 aromatic carbocycles. The third-order valence-electron chi connectivity index (χ3n) is 2.89. The number of hydrogen-bond donors (Lipinski definition) is 2. The van der Waals surface area contributed by atoms with E-state index in [4.69, 9.17) is 17.4 Å². The third-order valence-corrected chi connectivity index (χ3v) is 4.20. The summed E-state index contributed by atoms with van der Waals surface area (Å²) in [5, 5.41) is 4.19. The van der Waals surface area contributed by atoms with E-state index in [2.05, 4.69) is 15.0 Å². The number of nitrogens with two attached hydrogens (primary N) is 1. The van der Waals surface area contributed by atoms with E-state index < -0.39 is 5.82 Å². The summed E-state index contributed by atoms with van der Waals surface area (Å²) in [6.45, 7) is 2.00. The average molecular weight is 301 g/mol. The lowest BCUT2D eigenvalue weighted by atomic mass is 10.0. The Bertz CT molecular complexity index is 560. The molecule has 4 nitrogen and oxygen atoms in total. The van der Waals surface area contributed by atoms with Gasteiger partial charge in [-0.2, -0.15) is 0 Å². The molecule has 7 heteroatoms. The Kier molecular flexibility index (Phi) is 4.81. The highest BCUT2D eigenvalue weighted by Gasteiger charge is 2.19. The third kappa shape index (κ3) is 3.09. The number of benzene rings is 1. The van der Waals surface area contributed by atoms with E-state index in [1.54, 1.807) is 12.1 Å². The van der Waals surface area contributed by atoms with Crippen LogP contribution in [0.3, 0.4) is 0 Å². The number of rotatable bonds is 5. The van der Waals surface area contributed by atoms with E-state index in [0.29, 0.717) is 12.0 Å². The first-order chi connectivity index (χ1) is 9.17. The average Bonchev–Trinajstić information content (AvgIpc) is 2.88. The van der Waals surface area contributed by atoms with Gasteiger partial charge in [-0.25, -0.2) is 4.39 Å². The van der Waals surface area contributed by atoms with Crippen molar-refractivity contribution in [3.8, 4) is 0 Å². The van der Waals surface area contributed by atoms with Gasteiger partial charge in [0.2, 0.25) is 0 Å². The monoisotopic (exact) mass is 300 g/mol. The topological polar surface area (TPSA) is 63.8 Å². The number of hydrazine groups is 1. The minimum atomic E-state index is -0.423. The molecule has 19 heavy (non-hydrogen) atoms. The van der Waals surface area contributed by atoms with Crippen molar-refractivity contribution in [2.75, 3.05) is 0 Å². The van der Waals surface area contributed by atoms with Crippen molar-refractivity contribution in [2.45, 2.75) is 25.8 Å². The van der Waals surface area contributed by atoms with Crippen LogP contribution < -0.4 is 11.3 Å². The molecule has 2 aromatic rings. The van der Waals surface area contributed by atoms with Gasteiger partial charge in [-0.3, -0.25) is 11.3 Å². The molecule has 1 unspecified atom stereocenters. The van der Waals surface area contributed by atoms with E-state index in [9.17, 15) is 4.39 Å². The minimum absolute atomic E-state index is 0.137. The summed E-state index contributed by atoms with van der Waals surface area (Å²) in [5.41, 5.74) is 4.34. The van der Waals surface area contributed by atoms with E-state index in [1.807, 2.05) is 6.92 Å². The van der Waals surface area contributed by atoms with Crippen LogP contribution in [0.1, 0.15) is 29.1 Å². The smallest absolute Gasteiger partial charge is 0.142 e. The van der Waals surface area contributed by atoms with Crippen LogP contribution in [0.15, 0.2) is 18.2 Å². The van der Waals surface area contributed by atoms with Gasteiger partial charge < -0.3 is 0 Å². The van der Waals surface area contributed by atoms with Crippen molar-refractivity contribution in [1.29, 1.82) is 0 Å². The molecule has 0 spiro atoms. The molecule has 0 aliphatic rings. The standard InChI is InChI=1S/C12H14ClFN4S/c1-2-9-12(19-18-17-9)10(16-15)6-7-4-3-5-8(14)11(7)13/h3-5,10,16H,2,6,15H2,1H3. The van der Waals surface area contributed by atoms with Crippen molar-refractivity contribution >= 4 is 23.1 Å². The molecular formula is C12H14ClFN4S. The predicted octanol–water partition coefficient (Wildman–Crippen LogP) is 2.64. The van der Waals surface area contributed by atoms with Gasteiger partial charge in [0, 0.05) is 0 Å². The quantitative estimate of drug-likeness (QED) is 0.658. The fraction of sp³-hybridized carbons (Fsp3) is 0.333. The summed E-state index contributed by atoms with van der Waals surface area (Å²) in [6.07, 6.45) is 1.27. The molecule has 0 saturated carbocycles. The molecule has 1 atom stereocenters. The Morgan fingerprint density at radius 3 is 3.00 bits per heavy atom. The first-order valence-electron chi connectivity index (χ1n) is 5.87. The Morgan fingerprint density at radius 1 is 1.53 bits per heavy atom. The van der Waals surface area contributed by atoms with Crippen LogP contribution in [0.5, 0.6) is 0 Å². The number of halogens is 2. The Morgan fingerprint density at radius 2 is 2.32 bits per heavy atom. The lowest BCUT2D eigenvalue weighted by Crippen LogP contribution is -2.29. The SMILES string of the molecule is CCc1nnsc1C(Cc1cccc(F)c1Cl)NN. The van der Waals surface area contributed by atoms with Crippen LogP contribution >= 0.6 is 23.1 Å². The second-order valence-electron chi connectivity index (χ2n) is 4.07. The first kappa shape index (κ1) is 14.3. The van der Waals surface area contributed by atoms with Crippen molar-refractivity contribution in [2.24, 2.45) is 5.84 Å². The van der Waals surface area contributed by atoms with Crippen molar-refractivity contribution in [3.63, 3.8) is 0 Å². The van der Waals surface area contributed by atoms with Crippen molar-refractivity contribution in [1.82, 2.24) is 15.0 Å². The van der Waals surface area contributed by atoms with E-state index in [1.165, 1.54) is 17.6 Å². The second kappa shape index (κ2) is 6.38. The molecule has 102 valence electrons. The highest BCUT2D eigenvalue weighted by atomic mass is 35.5. The molecule has 1 aromatic heterocycles. The largest absolute Gasteiger partial charge is 0.271 e. The second-order valence-corrected chi connectivity index (χ2v) is 5.24. The summed E-state index contributed by atoms with van der Waals surface area (Å²) in [4.78, 5) is 0.963. The predicted molar refractivity (Wildman–Crippen MR) is 74.5 cm³/mol. The summed E-state index contributed by atoms with van der Waals surface area (Å²) >= 11 is 7.25. The fourth-order valence-electron chi connectivity index (χ4n) is 1.88. The molecular weight excluding hydrogens is 287 g/mol. The Hall–Kier alpha value is -1.08. The molecule has 0 fully saturated rings. The molecule has 0 bridgehead atoms. The molecule has 0 aliphatic carbocycles. The van der Waals surface area contributed by atoms with Gasteiger partial charge in [0.15, 0.2) is 0 Å². The van der Waals surface area contributed by atoms with Crippen LogP contribution in [0.25, 0.3) is 0 Å². The number of hydrogen-bond acceptors (Lipinski definition) is 5. The summed E-state index contributed by atoms with van der Waals surface area (Å²) in [5.74, 6) is 5.16. The number of nitrogens with one attached hydrogen (secondary N) is 1. The minimum Gasteiger partial charge on any atom is -0.271 e. The summed E-state index contributed by atoms with van der Waals surface area (Å²) < 4.78 is 17.3. The maximum Gasteiger partial charge on any atom is 0.142 e. The van der Waals surface area contributed by atoms with Gasteiger partial charge in [-0.15, -0.1) is 5.10 Å². The zero-order chi connectivity index (χ0) is 13.8. The van der Waals surface area contributed by atoms with E-state index in [-0.39, 0.29) is 11.1 Å². The zero-order valence-electron chi connectivity index (χ0n) is 10.4. The molecule has 3 N–H and O–H groups in total. The number of aromatic nitrogens is 2. The van der Waals surface area contributed by atoms with Gasteiger partial charge in [0.05, 0.1) is 21.6 Å². The normalized spacial score (nSPS) is 12.6. The zero-order valence-corrected chi connectivity index (χ0v) is 11.9. The van der Waals surface area contributed by atoms with Gasteiger partial charge in [0.25, 0.3) is 0 Å². The van der Waals surface area contributed by atoms with Crippen LogP contribution in [0.4, 0.5) is 4.39 Å². The molecule has 0 saturated heterocycles. The first-order valence-corrected chi connectivity index (χ1v) is 7.02. The number of aryl methyl sites for hydroxylation is 1. The molecule has 0 amide bonds. The molecule has 0 aliphatic heterocycles. The van der Waals surface area contributed by atoms with Gasteiger partial charge in [-0.05, 0) is 36.0 Å². The maximum atomic E-state index is 13.4. The van der Waals surface area contributed by atoms with Gasteiger partial charge >= 0.3 is 0 Å². The van der Waals surface area contributed by atoms with E-state index >= 15 is 0 Å². The van der Waals surface area contributed by atoms with Crippen LogP contribution in [-0.2, 0) is 12.8 Å². The van der Waals surface area contributed by atoms with Crippen molar-refractivity contribution < 1.29 is 4.39 Å². The van der Waals surface area contributed by atoms with Crippen LogP contribution in [0.2, 0.25) is 5.02 Å². The molecule has 2 rings (SSSR count). The Labute approximate surface area is 119 Å². The van der Waals surface area contributed by atoms with Gasteiger partial charge in [0.1, 0.15) is 5.82 Å². The maximum absolute atomic E-state index is 13.4. The highest BCUT2D eigenvalue weighted by molar-refractivity contribution is 7.05. The fourth-order valence-corrected chi connectivity index (χ4v) is 2.88.